The zero-order valence-corrected chi connectivity index (χ0v) is 10.6. The number of aryl methyl sites for hydroxylation is 2. The minimum Gasteiger partial charge on any atom is -0.508 e. The molecule has 0 amide bonds. The quantitative estimate of drug-likeness (QED) is 0.863. The summed E-state index contributed by atoms with van der Waals surface area (Å²) in [5, 5.41) is 13.7. The van der Waals surface area contributed by atoms with Gasteiger partial charge in [-0.15, -0.1) is 0 Å². The smallest absolute Gasteiger partial charge is 0.115 e. The van der Waals surface area contributed by atoms with Crippen molar-refractivity contribution < 1.29 is 5.11 Å². The van der Waals surface area contributed by atoms with Crippen molar-refractivity contribution in [1.29, 1.82) is 0 Å². The van der Waals surface area contributed by atoms with E-state index >= 15 is 0 Å². The first-order valence-electron chi connectivity index (χ1n) is 5.53. The summed E-state index contributed by atoms with van der Waals surface area (Å²) < 4.78 is 1.88. The molecule has 1 aromatic heterocycles. The van der Waals surface area contributed by atoms with Crippen molar-refractivity contribution in [3.63, 3.8) is 0 Å². The maximum absolute atomic E-state index is 9.29. The summed E-state index contributed by atoms with van der Waals surface area (Å²) in [6.45, 7) is 4.05. The largest absolute Gasteiger partial charge is 0.508 e. The van der Waals surface area contributed by atoms with Crippen molar-refractivity contribution in [2.24, 2.45) is 7.05 Å². The van der Waals surface area contributed by atoms with Crippen molar-refractivity contribution in [1.82, 2.24) is 9.78 Å². The summed E-state index contributed by atoms with van der Waals surface area (Å²) in [5.74, 6) is 0.279. The summed E-state index contributed by atoms with van der Waals surface area (Å²) in [6.07, 6.45) is 0. The van der Waals surface area contributed by atoms with Gasteiger partial charge in [0.2, 0.25) is 0 Å². The first-order valence-corrected chi connectivity index (χ1v) is 5.53. The Bertz CT molecular complexity index is 528. The van der Waals surface area contributed by atoms with Gasteiger partial charge in [-0.1, -0.05) is 0 Å². The van der Waals surface area contributed by atoms with Crippen molar-refractivity contribution in [2.45, 2.75) is 13.8 Å². The molecule has 0 fully saturated rings. The minimum absolute atomic E-state index is 0.279. The zero-order chi connectivity index (χ0) is 12.6. The normalized spacial score (nSPS) is 10.6. The predicted octanol–water partition coefficient (Wildman–Crippen LogP) is 2.51. The molecule has 0 aliphatic rings. The lowest BCUT2D eigenvalue weighted by Crippen LogP contribution is -2.11. The number of benzene rings is 1. The monoisotopic (exact) mass is 231 g/mol. The van der Waals surface area contributed by atoms with E-state index in [2.05, 4.69) is 10.00 Å². The molecule has 90 valence electrons. The third-order valence-corrected chi connectivity index (χ3v) is 3.04. The molecule has 0 radical (unpaired) electrons. The maximum atomic E-state index is 9.29. The number of phenols is 1. The molecule has 1 N–H and O–H groups in total. The molecular formula is C13H17N3O. The van der Waals surface area contributed by atoms with Crippen LogP contribution in [0.2, 0.25) is 0 Å². The van der Waals surface area contributed by atoms with Crippen LogP contribution in [-0.2, 0) is 7.05 Å². The van der Waals surface area contributed by atoms with E-state index in [0.29, 0.717) is 0 Å². The maximum Gasteiger partial charge on any atom is 0.115 e. The Balaban J connectivity index is 2.43. The fourth-order valence-electron chi connectivity index (χ4n) is 2.05. The van der Waals surface area contributed by atoms with Crippen LogP contribution in [0.25, 0.3) is 0 Å². The van der Waals surface area contributed by atoms with Gasteiger partial charge in [0, 0.05) is 19.8 Å². The van der Waals surface area contributed by atoms with Crippen molar-refractivity contribution in [3.05, 3.63) is 35.7 Å². The van der Waals surface area contributed by atoms with Gasteiger partial charge < -0.3 is 10.0 Å². The topological polar surface area (TPSA) is 41.3 Å². The van der Waals surface area contributed by atoms with Gasteiger partial charge in [0.25, 0.3) is 0 Å². The lowest BCUT2D eigenvalue weighted by Gasteiger charge is -2.19. The number of aromatic nitrogens is 2. The van der Waals surface area contributed by atoms with Crippen LogP contribution >= 0.6 is 0 Å². The lowest BCUT2D eigenvalue weighted by molar-refractivity contribution is 0.475. The summed E-state index contributed by atoms with van der Waals surface area (Å²) in [6, 6.07) is 7.15. The fraction of sp³-hybridized carbons (Fsp3) is 0.308. The van der Waals surface area contributed by atoms with E-state index in [9.17, 15) is 5.11 Å². The first kappa shape index (κ1) is 11.5. The zero-order valence-electron chi connectivity index (χ0n) is 10.6. The average molecular weight is 231 g/mol. The Kier molecular flexibility index (Phi) is 2.79. The highest BCUT2D eigenvalue weighted by molar-refractivity contribution is 5.67. The fourth-order valence-corrected chi connectivity index (χ4v) is 2.05. The summed E-state index contributed by atoms with van der Waals surface area (Å²) in [5.41, 5.74) is 4.26. The van der Waals surface area contributed by atoms with Gasteiger partial charge in [-0.3, -0.25) is 4.68 Å². The molecule has 4 heteroatoms. The van der Waals surface area contributed by atoms with E-state index in [-0.39, 0.29) is 5.75 Å². The molecule has 2 rings (SSSR count). The number of aromatic hydroxyl groups is 1. The van der Waals surface area contributed by atoms with E-state index in [0.717, 1.165) is 22.8 Å². The molecule has 0 aliphatic heterocycles. The summed E-state index contributed by atoms with van der Waals surface area (Å²) >= 11 is 0. The molecule has 0 unspecified atom stereocenters. The van der Waals surface area contributed by atoms with Crippen LogP contribution in [0.15, 0.2) is 24.3 Å². The molecule has 17 heavy (non-hydrogen) atoms. The third-order valence-electron chi connectivity index (χ3n) is 3.04. The Hall–Kier alpha value is -1.97. The van der Waals surface area contributed by atoms with Gasteiger partial charge in [0.15, 0.2) is 0 Å². The number of anilines is 2. The predicted molar refractivity (Wildman–Crippen MR) is 68.9 cm³/mol. The van der Waals surface area contributed by atoms with E-state index in [1.807, 2.05) is 44.8 Å². The second-order valence-electron chi connectivity index (χ2n) is 4.22. The molecule has 0 atom stereocenters. The van der Waals surface area contributed by atoms with Gasteiger partial charge in [-0.05, 0) is 38.1 Å². The Labute approximate surface area is 101 Å². The van der Waals surface area contributed by atoms with E-state index in [4.69, 9.17) is 0 Å². The van der Waals surface area contributed by atoms with Crippen LogP contribution in [0.5, 0.6) is 5.75 Å². The van der Waals surface area contributed by atoms with Crippen molar-refractivity contribution >= 4 is 11.4 Å². The minimum atomic E-state index is 0.279. The lowest BCUT2D eigenvalue weighted by atomic mass is 10.2. The van der Waals surface area contributed by atoms with Crippen molar-refractivity contribution in [3.8, 4) is 5.75 Å². The van der Waals surface area contributed by atoms with Gasteiger partial charge in [-0.25, -0.2) is 0 Å². The Morgan fingerprint density at radius 2 is 1.76 bits per heavy atom. The first-order chi connectivity index (χ1) is 8.00. The van der Waals surface area contributed by atoms with Crippen LogP contribution in [0.3, 0.4) is 0 Å². The number of hydrogen-bond donors (Lipinski definition) is 1. The van der Waals surface area contributed by atoms with Crippen LogP contribution in [0.1, 0.15) is 11.4 Å². The van der Waals surface area contributed by atoms with E-state index in [1.165, 1.54) is 0 Å². The van der Waals surface area contributed by atoms with E-state index in [1.54, 1.807) is 12.1 Å². The van der Waals surface area contributed by atoms with Crippen LogP contribution in [0.4, 0.5) is 11.4 Å². The molecule has 0 saturated carbocycles. The number of nitrogens with zero attached hydrogens (tertiary/aromatic N) is 3. The molecule has 0 spiro atoms. The van der Waals surface area contributed by atoms with Crippen LogP contribution in [0, 0.1) is 13.8 Å². The molecule has 4 nitrogen and oxygen atoms in total. The molecule has 1 heterocycles. The van der Waals surface area contributed by atoms with Gasteiger partial charge in [-0.2, -0.15) is 5.10 Å². The molecule has 2 aromatic rings. The van der Waals surface area contributed by atoms with Gasteiger partial charge >= 0.3 is 0 Å². The van der Waals surface area contributed by atoms with Gasteiger partial charge in [0.1, 0.15) is 5.75 Å². The Morgan fingerprint density at radius 3 is 2.24 bits per heavy atom. The van der Waals surface area contributed by atoms with Crippen LogP contribution < -0.4 is 4.90 Å². The highest BCUT2D eigenvalue weighted by Gasteiger charge is 2.14. The standard InChI is InChI=1S/C13H17N3O/c1-9-13(10(2)16(4)14-9)15(3)11-5-7-12(17)8-6-11/h5-8,17H,1-4H3. The van der Waals surface area contributed by atoms with Crippen molar-refractivity contribution in [2.75, 3.05) is 11.9 Å². The molecular weight excluding hydrogens is 214 g/mol. The molecule has 0 aliphatic carbocycles. The second kappa shape index (κ2) is 4.13. The summed E-state index contributed by atoms with van der Waals surface area (Å²) in [7, 11) is 3.94. The van der Waals surface area contributed by atoms with Crippen LogP contribution in [-0.4, -0.2) is 21.9 Å². The highest BCUT2D eigenvalue weighted by atomic mass is 16.3. The van der Waals surface area contributed by atoms with E-state index < -0.39 is 0 Å². The molecule has 1 aromatic carbocycles. The number of rotatable bonds is 2. The second-order valence-corrected chi connectivity index (χ2v) is 4.22. The average Bonchev–Trinajstić information content (AvgIpc) is 2.53. The summed E-state index contributed by atoms with van der Waals surface area (Å²) in [4.78, 5) is 2.08. The highest BCUT2D eigenvalue weighted by Crippen LogP contribution is 2.30. The SMILES string of the molecule is Cc1nn(C)c(C)c1N(C)c1ccc(O)cc1. The number of phenolic OH excluding ortho intramolecular Hbond substituents is 1. The number of hydrogen-bond acceptors (Lipinski definition) is 3. The third kappa shape index (κ3) is 1.98. The van der Waals surface area contributed by atoms with Gasteiger partial charge in [0.05, 0.1) is 17.1 Å². The molecule has 0 bridgehead atoms. The molecule has 0 saturated heterocycles. The Morgan fingerprint density at radius 1 is 1.18 bits per heavy atom.